The maximum absolute atomic E-state index is 13.9. The zero-order valence-corrected chi connectivity index (χ0v) is 11.3. The summed E-state index contributed by atoms with van der Waals surface area (Å²) in [5.74, 6) is -1.28. The lowest BCUT2D eigenvalue weighted by Crippen LogP contribution is -2.39. The van der Waals surface area contributed by atoms with Crippen molar-refractivity contribution < 1.29 is 8.78 Å². The minimum Gasteiger partial charge on any atom is -0.367 e. The van der Waals surface area contributed by atoms with Gasteiger partial charge in [0.25, 0.3) is 0 Å². The lowest BCUT2D eigenvalue weighted by Gasteiger charge is -2.40. The molecule has 0 N–H and O–H groups in total. The Kier molecular flexibility index (Phi) is 3.75. The molecule has 2 rings (SSSR count). The van der Waals surface area contributed by atoms with Gasteiger partial charge in [-0.15, -0.1) is 0 Å². The zero-order chi connectivity index (χ0) is 14.0. The molecule has 1 heterocycles. The number of nitriles is 1. The van der Waals surface area contributed by atoms with Crippen molar-refractivity contribution in [1.82, 2.24) is 0 Å². The Bertz CT molecular complexity index is 488. The fraction of sp³-hybridized carbons (Fsp3) is 0.533. The van der Waals surface area contributed by atoms with Crippen LogP contribution in [0.5, 0.6) is 0 Å². The Morgan fingerprint density at radius 3 is 2.21 bits per heavy atom. The van der Waals surface area contributed by atoms with Crippen molar-refractivity contribution in [2.75, 3.05) is 18.0 Å². The highest BCUT2D eigenvalue weighted by atomic mass is 19.1. The van der Waals surface area contributed by atoms with E-state index in [1.807, 2.05) is 0 Å². The molecule has 0 unspecified atom stereocenters. The van der Waals surface area contributed by atoms with Crippen LogP contribution in [0.2, 0.25) is 0 Å². The molecule has 0 aliphatic carbocycles. The fourth-order valence-corrected chi connectivity index (χ4v) is 2.56. The number of benzene rings is 1. The molecule has 0 aromatic heterocycles. The van der Waals surface area contributed by atoms with Crippen LogP contribution >= 0.6 is 0 Å². The first kappa shape index (κ1) is 13.8. The van der Waals surface area contributed by atoms with Crippen LogP contribution in [0.1, 0.15) is 38.7 Å². The van der Waals surface area contributed by atoms with Gasteiger partial charge in [0.05, 0.1) is 11.6 Å². The summed E-state index contributed by atoms with van der Waals surface area (Å²) >= 11 is 0. The predicted octanol–water partition coefficient (Wildman–Crippen LogP) is 3.85. The van der Waals surface area contributed by atoms with E-state index in [2.05, 4.69) is 13.8 Å². The highest BCUT2D eigenvalue weighted by Gasteiger charge is 2.30. The van der Waals surface area contributed by atoms with Gasteiger partial charge in [-0.05, 0) is 30.4 Å². The SMILES string of the molecule is CCC1(C)CCN(c2c(F)cc(C#N)cc2F)CC1. The quantitative estimate of drug-likeness (QED) is 0.811. The smallest absolute Gasteiger partial charge is 0.150 e. The second-order valence-electron chi connectivity index (χ2n) is 5.55. The van der Waals surface area contributed by atoms with Gasteiger partial charge >= 0.3 is 0 Å². The van der Waals surface area contributed by atoms with Crippen molar-refractivity contribution in [2.45, 2.75) is 33.1 Å². The van der Waals surface area contributed by atoms with Crippen molar-refractivity contribution in [3.05, 3.63) is 29.3 Å². The third-order valence-corrected chi connectivity index (χ3v) is 4.29. The summed E-state index contributed by atoms with van der Waals surface area (Å²) in [5, 5.41) is 8.69. The number of nitrogens with zero attached hydrogens (tertiary/aromatic N) is 2. The summed E-state index contributed by atoms with van der Waals surface area (Å²) in [6.45, 7) is 5.68. The van der Waals surface area contributed by atoms with E-state index in [9.17, 15) is 8.78 Å². The summed E-state index contributed by atoms with van der Waals surface area (Å²) in [7, 11) is 0. The van der Waals surface area contributed by atoms with Crippen LogP contribution in [-0.4, -0.2) is 13.1 Å². The van der Waals surface area contributed by atoms with Crippen molar-refractivity contribution in [3.63, 3.8) is 0 Å². The monoisotopic (exact) mass is 264 g/mol. The molecule has 19 heavy (non-hydrogen) atoms. The normalized spacial score (nSPS) is 18.2. The minimum atomic E-state index is -0.642. The van der Waals surface area contributed by atoms with Crippen molar-refractivity contribution in [3.8, 4) is 6.07 Å². The summed E-state index contributed by atoms with van der Waals surface area (Å²) in [4.78, 5) is 1.75. The first-order chi connectivity index (χ1) is 8.99. The van der Waals surface area contributed by atoms with Crippen molar-refractivity contribution in [1.29, 1.82) is 5.26 Å². The average Bonchev–Trinajstić information content (AvgIpc) is 2.40. The Morgan fingerprint density at radius 1 is 1.26 bits per heavy atom. The first-order valence-electron chi connectivity index (χ1n) is 6.63. The van der Waals surface area contributed by atoms with Gasteiger partial charge < -0.3 is 4.90 Å². The standard InChI is InChI=1S/C15H18F2N2/c1-3-15(2)4-6-19(7-5-15)14-12(16)8-11(10-18)9-13(14)17/h8-9H,3-7H2,1-2H3. The molecule has 4 heteroatoms. The molecule has 2 nitrogen and oxygen atoms in total. The molecule has 0 bridgehead atoms. The second kappa shape index (κ2) is 5.16. The van der Waals surface area contributed by atoms with E-state index >= 15 is 0 Å². The first-order valence-corrected chi connectivity index (χ1v) is 6.63. The molecule has 0 radical (unpaired) electrons. The summed E-state index contributed by atoms with van der Waals surface area (Å²) in [6, 6.07) is 3.97. The van der Waals surface area contributed by atoms with Crippen LogP contribution in [0.25, 0.3) is 0 Å². The number of hydrogen-bond donors (Lipinski definition) is 0. The van der Waals surface area contributed by atoms with Gasteiger partial charge in [-0.2, -0.15) is 5.26 Å². The molecule has 0 spiro atoms. The van der Waals surface area contributed by atoms with Crippen molar-refractivity contribution in [2.24, 2.45) is 5.41 Å². The van der Waals surface area contributed by atoms with Crippen molar-refractivity contribution >= 4 is 5.69 Å². The highest BCUT2D eigenvalue weighted by Crippen LogP contribution is 2.37. The average molecular weight is 264 g/mol. The minimum absolute atomic E-state index is 0.0113. The number of halogens is 2. The van der Waals surface area contributed by atoms with Crippen LogP contribution in [0.15, 0.2) is 12.1 Å². The van der Waals surface area contributed by atoms with E-state index in [0.717, 1.165) is 31.4 Å². The van der Waals surface area contributed by atoms with Gasteiger partial charge in [-0.25, -0.2) is 8.78 Å². The Morgan fingerprint density at radius 2 is 1.79 bits per heavy atom. The third-order valence-electron chi connectivity index (χ3n) is 4.29. The molecular weight excluding hydrogens is 246 g/mol. The molecule has 1 aliphatic heterocycles. The van der Waals surface area contributed by atoms with Crippen LogP contribution < -0.4 is 4.90 Å². The van der Waals surface area contributed by atoms with E-state index < -0.39 is 11.6 Å². The number of rotatable bonds is 2. The van der Waals surface area contributed by atoms with Gasteiger partial charge in [0.1, 0.15) is 5.69 Å². The summed E-state index contributed by atoms with van der Waals surface area (Å²) < 4.78 is 27.8. The summed E-state index contributed by atoms with van der Waals surface area (Å²) in [5.41, 5.74) is 0.307. The van der Waals surface area contributed by atoms with Crippen LogP contribution in [0, 0.1) is 28.4 Å². The third kappa shape index (κ3) is 2.70. The molecule has 0 saturated carbocycles. The van der Waals surface area contributed by atoms with Crippen LogP contribution in [0.3, 0.4) is 0 Å². The predicted molar refractivity (Wildman–Crippen MR) is 70.9 cm³/mol. The van der Waals surface area contributed by atoms with E-state index in [0.29, 0.717) is 13.1 Å². The number of piperidine rings is 1. The van der Waals surface area contributed by atoms with Gasteiger partial charge in [-0.3, -0.25) is 0 Å². The van der Waals surface area contributed by atoms with Crippen LogP contribution in [0.4, 0.5) is 14.5 Å². The zero-order valence-electron chi connectivity index (χ0n) is 11.3. The fourth-order valence-electron chi connectivity index (χ4n) is 2.56. The van der Waals surface area contributed by atoms with E-state index in [4.69, 9.17) is 5.26 Å². The molecule has 1 fully saturated rings. The summed E-state index contributed by atoms with van der Waals surface area (Å²) in [6.07, 6.45) is 2.95. The Labute approximate surface area is 112 Å². The van der Waals surface area contributed by atoms with E-state index in [1.165, 1.54) is 0 Å². The molecule has 0 atom stereocenters. The lowest BCUT2D eigenvalue weighted by molar-refractivity contribution is 0.237. The molecule has 102 valence electrons. The van der Waals surface area contributed by atoms with E-state index in [-0.39, 0.29) is 16.7 Å². The largest absolute Gasteiger partial charge is 0.367 e. The molecule has 1 aromatic carbocycles. The van der Waals surface area contributed by atoms with Gasteiger partial charge in [0.2, 0.25) is 0 Å². The lowest BCUT2D eigenvalue weighted by atomic mass is 9.78. The molecule has 0 amide bonds. The van der Waals surface area contributed by atoms with Gasteiger partial charge in [0, 0.05) is 13.1 Å². The highest BCUT2D eigenvalue weighted by molar-refractivity contribution is 5.53. The maximum atomic E-state index is 13.9. The molecule has 1 aliphatic rings. The molecular formula is C15H18F2N2. The van der Waals surface area contributed by atoms with Gasteiger partial charge in [-0.1, -0.05) is 20.3 Å². The Hall–Kier alpha value is -1.63. The van der Waals surface area contributed by atoms with Gasteiger partial charge in [0.15, 0.2) is 11.6 Å². The number of anilines is 1. The molecule has 1 aromatic rings. The topological polar surface area (TPSA) is 27.0 Å². The van der Waals surface area contributed by atoms with Crippen LogP contribution in [-0.2, 0) is 0 Å². The Balaban J connectivity index is 2.23. The molecule has 1 saturated heterocycles. The number of hydrogen-bond acceptors (Lipinski definition) is 2. The van der Waals surface area contributed by atoms with E-state index in [1.54, 1.807) is 11.0 Å². The second-order valence-corrected chi connectivity index (χ2v) is 5.55. The maximum Gasteiger partial charge on any atom is 0.150 e.